The van der Waals surface area contributed by atoms with Crippen LogP contribution in [0.3, 0.4) is 0 Å². The van der Waals surface area contributed by atoms with Crippen LogP contribution >= 0.6 is 0 Å². The second kappa shape index (κ2) is 7.16. The number of ether oxygens (including phenoxy) is 2. The zero-order chi connectivity index (χ0) is 22.8. The van der Waals surface area contributed by atoms with Gasteiger partial charge in [-0.05, 0) is 10.8 Å². The van der Waals surface area contributed by atoms with Gasteiger partial charge in [0.2, 0.25) is 0 Å². The summed E-state index contributed by atoms with van der Waals surface area (Å²) >= 11 is 0. The Morgan fingerprint density at radius 2 is 0.941 bits per heavy atom. The molecule has 0 radical (unpaired) electrons. The highest BCUT2D eigenvalue weighted by molar-refractivity contribution is 6.26. The zero-order valence-electron chi connectivity index (χ0n) is 19.1. The topological polar surface area (TPSA) is 26.2 Å². The van der Waals surface area contributed by atoms with Crippen molar-refractivity contribution >= 4 is 32.3 Å². The number of aromatic nitrogens is 2. The highest BCUT2D eigenvalue weighted by Crippen LogP contribution is 2.54. The van der Waals surface area contributed by atoms with Crippen molar-refractivity contribution in [2.45, 2.75) is 12.2 Å². The van der Waals surface area contributed by atoms with Crippen molar-refractivity contribution in [3.05, 3.63) is 109 Å². The zero-order valence-corrected chi connectivity index (χ0v) is 19.1. The SMILES string of the molecule is C[n+]1ccc([C@H]2Oc3c(c4cccc5ccc6cccc3c6c54)O[C@@H]2c2cc[n+](C)cc2)cc1. The van der Waals surface area contributed by atoms with Gasteiger partial charge in [-0.2, -0.15) is 0 Å². The van der Waals surface area contributed by atoms with E-state index in [1.165, 1.54) is 21.5 Å². The molecule has 4 nitrogen and oxygen atoms in total. The van der Waals surface area contributed by atoms with Crippen LogP contribution in [0.2, 0.25) is 0 Å². The Balaban J connectivity index is 1.52. The third-order valence-electron chi connectivity index (χ3n) is 7.01. The molecule has 2 aromatic heterocycles. The minimum absolute atomic E-state index is 0.271. The van der Waals surface area contributed by atoms with Crippen molar-refractivity contribution in [1.82, 2.24) is 0 Å². The quantitative estimate of drug-likeness (QED) is 0.261. The molecule has 1 aliphatic rings. The summed E-state index contributed by atoms with van der Waals surface area (Å²) in [5.41, 5.74) is 2.18. The van der Waals surface area contributed by atoms with E-state index in [9.17, 15) is 0 Å². The summed E-state index contributed by atoms with van der Waals surface area (Å²) in [7, 11) is 4.05. The number of hydrogen-bond donors (Lipinski definition) is 0. The van der Waals surface area contributed by atoms with Crippen LogP contribution in [0.15, 0.2) is 97.6 Å². The van der Waals surface area contributed by atoms with Gasteiger partial charge in [0.1, 0.15) is 14.1 Å². The van der Waals surface area contributed by atoms with Crippen LogP contribution in [0.25, 0.3) is 32.3 Å². The van der Waals surface area contributed by atoms with Crippen molar-refractivity contribution in [1.29, 1.82) is 0 Å². The molecule has 0 N–H and O–H groups in total. The molecule has 0 saturated carbocycles. The molecule has 2 atom stereocenters. The fourth-order valence-electron chi connectivity index (χ4n) is 5.28. The van der Waals surface area contributed by atoms with E-state index in [-0.39, 0.29) is 12.2 Å². The first-order valence-electron chi connectivity index (χ1n) is 11.6. The maximum atomic E-state index is 6.93. The van der Waals surface area contributed by atoms with Crippen LogP contribution in [-0.4, -0.2) is 0 Å². The van der Waals surface area contributed by atoms with Crippen LogP contribution in [0, 0.1) is 0 Å². The monoisotopic (exact) mass is 444 g/mol. The molecule has 4 heteroatoms. The molecule has 0 amide bonds. The Hall–Kier alpha value is -4.18. The number of hydrogen-bond acceptors (Lipinski definition) is 2. The van der Waals surface area contributed by atoms with Crippen LogP contribution in [0.5, 0.6) is 11.5 Å². The molecular formula is C30H24N2O2+2. The average Bonchev–Trinajstić information content (AvgIpc) is 2.88. The van der Waals surface area contributed by atoms with E-state index in [0.29, 0.717) is 0 Å². The van der Waals surface area contributed by atoms with Crippen molar-refractivity contribution in [2.75, 3.05) is 0 Å². The fourth-order valence-corrected chi connectivity index (χ4v) is 5.28. The molecule has 34 heavy (non-hydrogen) atoms. The summed E-state index contributed by atoms with van der Waals surface area (Å²) in [6, 6.07) is 25.7. The van der Waals surface area contributed by atoms with Crippen molar-refractivity contribution in [3.63, 3.8) is 0 Å². The fraction of sp³-hybridized carbons (Fsp3) is 0.133. The van der Waals surface area contributed by atoms with Crippen LogP contribution in [0.4, 0.5) is 0 Å². The van der Waals surface area contributed by atoms with Crippen molar-refractivity contribution < 1.29 is 18.6 Å². The standard InChI is InChI=1S/C30H24N2O2/c1-31-15-11-21(12-16-31)27-28(22-13-17-32(2)18-14-22)34-30-24-8-4-6-20-10-9-19-5-3-7-23(29(30)33-27)25(19)26(20)24/h3-18,27-28H,1-2H3/q+2/t27-,28-/m1/s1. The van der Waals surface area contributed by atoms with E-state index in [2.05, 4.69) is 97.6 Å². The van der Waals surface area contributed by atoms with E-state index in [1.54, 1.807) is 0 Å². The van der Waals surface area contributed by atoms with Gasteiger partial charge in [-0.3, -0.25) is 0 Å². The van der Waals surface area contributed by atoms with E-state index in [1.807, 2.05) is 23.2 Å². The molecular weight excluding hydrogens is 420 g/mol. The smallest absolute Gasteiger partial charge is 0.170 e. The first-order chi connectivity index (χ1) is 16.7. The summed E-state index contributed by atoms with van der Waals surface area (Å²) < 4.78 is 17.9. The van der Waals surface area contributed by atoms with Gasteiger partial charge in [0.25, 0.3) is 0 Å². The molecule has 0 bridgehead atoms. The van der Waals surface area contributed by atoms with Crippen LogP contribution in [0.1, 0.15) is 23.3 Å². The van der Waals surface area contributed by atoms with Gasteiger partial charge in [-0.25, -0.2) is 9.13 Å². The summed E-state index contributed by atoms with van der Waals surface area (Å²) in [5, 5.41) is 7.10. The Morgan fingerprint density at radius 3 is 1.35 bits per heavy atom. The summed E-state index contributed by atoms with van der Waals surface area (Å²) in [5.74, 6) is 1.65. The highest BCUT2D eigenvalue weighted by atomic mass is 16.6. The molecule has 0 spiro atoms. The third kappa shape index (κ3) is 2.78. The largest absolute Gasteiger partial charge is 0.477 e. The van der Waals surface area contributed by atoms with Crippen LogP contribution < -0.4 is 18.6 Å². The van der Waals surface area contributed by atoms with E-state index in [4.69, 9.17) is 9.47 Å². The third-order valence-corrected chi connectivity index (χ3v) is 7.01. The Kier molecular flexibility index (Phi) is 4.06. The predicted molar refractivity (Wildman–Crippen MR) is 132 cm³/mol. The summed E-state index contributed by atoms with van der Waals surface area (Å²) in [6.07, 6.45) is 7.69. The lowest BCUT2D eigenvalue weighted by Crippen LogP contribution is -2.31. The van der Waals surface area contributed by atoms with Crippen LogP contribution in [-0.2, 0) is 14.1 Å². The minimum atomic E-state index is -0.271. The minimum Gasteiger partial charge on any atom is -0.477 e. The Morgan fingerprint density at radius 1 is 0.529 bits per heavy atom. The first kappa shape index (κ1) is 19.3. The highest BCUT2D eigenvalue weighted by Gasteiger charge is 2.37. The molecule has 0 saturated heterocycles. The maximum Gasteiger partial charge on any atom is 0.170 e. The first-order valence-corrected chi connectivity index (χ1v) is 11.6. The average molecular weight is 445 g/mol. The number of nitrogens with zero attached hydrogens (tertiary/aromatic N) is 2. The number of benzene rings is 4. The molecule has 0 fully saturated rings. The van der Waals surface area contributed by atoms with Gasteiger partial charge in [0.05, 0.1) is 0 Å². The van der Waals surface area contributed by atoms with E-state index in [0.717, 1.165) is 33.4 Å². The van der Waals surface area contributed by atoms with Gasteiger partial charge in [0, 0.05) is 56.9 Å². The molecule has 7 rings (SSSR count). The van der Waals surface area contributed by atoms with Gasteiger partial charge in [0.15, 0.2) is 48.5 Å². The van der Waals surface area contributed by atoms with E-state index >= 15 is 0 Å². The van der Waals surface area contributed by atoms with Crippen molar-refractivity contribution in [3.8, 4) is 11.5 Å². The number of pyridine rings is 2. The van der Waals surface area contributed by atoms with Crippen molar-refractivity contribution in [2.24, 2.45) is 14.1 Å². The molecule has 1 aliphatic heterocycles. The van der Waals surface area contributed by atoms with Gasteiger partial charge in [-0.1, -0.05) is 48.5 Å². The Bertz CT molecular complexity index is 1550. The number of fused-ring (bicyclic) bond motifs is 3. The van der Waals surface area contributed by atoms with Gasteiger partial charge in [-0.15, -0.1) is 0 Å². The van der Waals surface area contributed by atoms with E-state index < -0.39 is 0 Å². The lowest BCUT2D eigenvalue weighted by atomic mass is 9.91. The molecule has 3 heterocycles. The lowest BCUT2D eigenvalue weighted by Gasteiger charge is -2.36. The second-order valence-corrected chi connectivity index (χ2v) is 9.20. The maximum absolute atomic E-state index is 6.93. The lowest BCUT2D eigenvalue weighted by molar-refractivity contribution is -0.671. The molecule has 0 unspecified atom stereocenters. The summed E-state index contributed by atoms with van der Waals surface area (Å²) in [4.78, 5) is 0. The molecule has 6 aromatic rings. The van der Waals surface area contributed by atoms with Gasteiger partial charge >= 0.3 is 0 Å². The summed E-state index contributed by atoms with van der Waals surface area (Å²) in [6.45, 7) is 0. The molecule has 0 aliphatic carbocycles. The second-order valence-electron chi connectivity index (χ2n) is 9.20. The van der Waals surface area contributed by atoms with Gasteiger partial charge < -0.3 is 9.47 Å². The number of aryl methyl sites for hydroxylation is 2. The Labute approximate surface area is 197 Å². The molecule has 164 valence electrons. The normalized spacial score (nSPS) is 17.6. The predicted octanol–water partition coefficient (Wildman–Crippen LogP) is 5.49. The molecule has 4 aromatic carbocycles. The number of rotatable bonds is 2.